The van der Waals surface area contributed by atoms with E-state index in [-0.39, 0.29) is 11.3 Å². The Morgan fingerprint density at radius 1 is 1.05 bits per heavy atom. The van der Waals surface area contributed by atoms with Gasteiger partial charge in [-0.3, -0.25) is 4.79 Å². The van der Waals surface area contributed by atoms with Crippen molar-refractivity contribution in [3.63, 3.8) is 0 Å². The lowest BCUT2D eigenvalue weighted by Gasteiger charge is -2.30. The highest BCUT2D eigenvalue weighted by Gasteiger charge is 2.38. The van der Waals surface area contributed by atoms with Crippen LogP contribution in [0, 0.1) is 0 Å². The number of hydrogen-bond donors (Lipinski definition) is 1. The second-order valence-corrected chi connectivity index (χ2v) is 6.53. The summed E-state index contributed by atoms with van der Waals surface area (Å²) >= 11 is 1.64. The van der Waals surface area contributed by atoms with Crippen LogP contribution in [0.2, 0.25) is 0 Å². The molecule has 3 nitrogen and oxygen atoms in total. The molecule has 0 saturated carbocycles. The quantitative estimate of drug-likeness (QED) is 0.812. The van der Waals surface area contributed by atoms with Crippen LogP contribution in [0.15, 0.2) is 48.5 Å². The largest absolute Gasteiger partial charge is 0.388 e. The second kappa shape index (κ2) is 4.90. The first kappa shape index (κ1) is 12.9. The molecule has 2 atom stereocenters. The Morgan fingerprint density at radius 2 is 1.76 bits per heavy atom. The zero-order chi connectivity index (χ0) is 14.4. The maximum Gasteiger partial charge on any atom is 0.255 e. The fourth-order valence-electron chi connectivity index (χ4n) is 3.13. The minimum Gasteiger partial charge on any atom is -0.388 e. The summed E-state index contributed by atoms with van der Waals surface area (Å²) in [4.78, 5) is 14.6. The molecule has 0 saturated heterocycles. The highest BCUT2D eigenvalue weighted by molar-refractivity contribution is 7.99. The van der Waals surface area contributed by atoms with Gasteiger partial charge in [0.25, 0.3) is 5.91 Å². The highest BCUT2D eigenvalue weighted by atomic mass is 32.2. The number of nitrogens with zero attached hydrogens (tertiary/aromatic N) is 1. The molecular weight excluding hydrogens is 282 g/mol. The molecule has 1 N–H and O–H groups in total. The van der Waals surface area contributed by atoms with Crippen molar-refractivity contribution in [1.82, 2.24) is 4.90 Å². The minimum absolute atomic E-state index is 0.0108. The number of carbonyl (C=O) groups excluding carboxylic acids is 1. The third-order valence-corrected chi connectivity index (χ3v) is 5.50. The molecule has 0 aromatic heterocycles. The van der Waals surface area contributed by atoms with Gasteiger partial charge in [0.05, 0.1) is 6.10 Å². The number of fused-ring (bicyclic) bond motifs is 4. The Kier molecular flexibility index (Phi) is 3.01. The number of rotatable bonds is 0. The Morgan fingerprint density at radius 3 is 2.62 bits per heavy atom. The molecule has 2 aromatic rings. The topological polar surface area (TPSA) is 40.5 Å². The Balaban J connectivity index is 1.80. The van der Waals surface area contributed by atoms with Gasteiger partial charge >= 0.3 is 0 Å². The van der Waals surface area contributed by atoms with Crippen LogP contribution in [0.5, 0.6) is 0 Å². The lowest BCUT2D eigenvalue weighted by Crippen LogP contribution is -2.29. The average molecular weight is 297 g/mol. The van der Waals surface area contributed by atoms with Crippen molar-refractivity contribution in [2.45, 2.75) is 18.0 Å². The van der Waals surface area contributed by atoms with Gasteiger partial charge in [0.2, 0.25) is 0 Å². The summed E-state index contributed by atoms with van der Waals surface area (Å²) in [5.41, 5.74) is 3.84. The van der Waals surface area contributed by atoms with Gasteiger partial charge in [-0.15, -0.1) is 11.8 Å². The molecular formula is C17H15NO2S. The van der Waals surface area contributed by atoms with Gasteiger partial charge in [-0.2, -0.15) is 0 Å². The summed E-state index contributed by atoms with van der Waals surface area (Å²) < 4.78 is 0. The van der Waals surface area contributed by atoms with Gasteiger partial charge in [-0.25, -0.2) is 0 Å². The first-order chi connectivity index (χ1) is 10.3. The van der Waals surface area contributed by atoms with Crippen LogP contribution in [0.3, 0.4) is 0 Å². The highest BCUT2D eigenvalue weighted by Crippen LogP contribution is 2.45. The number of carbonyl (C=O) groups is 1. The minimum atomic E-state index is -0.476. The zero-order valence-electron chi connectivity index (χ0n) is 11.4. The Labute approximate surface area is 127 Å². The zero-order valence-corrected chi connectivity index (χ0v) is 12.2. The lowest BCUT2D eigenvalue weighted by atomic mass is 10.0. The molecule has 0 unspecified atom stereocenters. The van der Waals surface area contributed by atoms with Gasteiger partial charge in [0.15, 0.2) is 0 Å². The Hall–Kier alpha value is -1.78. The van der Waals surface area contributed by atoms with Crippen molar-refractivity contribution in [3.05, 3.63) is 70.8 Å². The number of hydrogen-bond acceptors (Lipinski definition) is 3. The van der Waals surface area contributed by atoms with E-state index in [1.54, 1.807) is 11.8 Å². The molecule has 2 aliphatic heterocycles. The monoisotopic (exact) mass is 297 g/mol. The Bertz CT molecular complexity index is 715. The maximum absolute atomic E-state index is 12.6. The number of aliphatic hydroxyl groups excluding tert-OH is 1. The molecule has 2 heterocycles. The van der Waals surface area contributed by atoms with Crippen molar-refractivity contribution in [3.8, 4) is 0 Å². The van der Waals surface area contributed by atoms with Crippen molar-refractivity contribution in [1.29, 1.82) is 0 Å². The van der Waals surface area contributed by atoms with Crippen LogP contribution in [-0.4, -0.2) is 21.7 Å². The number of aliphatic hydroxyl groups is 1. The average Bonchev–Trinajstić information content (AvgIpc) is 2.77. The molecule has 1 amide bonds. The third kappa shape index (κ3) is 1.98. The van der Waals surface area contributed by atoms with Gasteiger partial charge < -0.3 is 10.0 Å². The van der Waals surface area contributed by atoms with Crippen molar-refractivity contribution in [2.24, 2.45) is 0 Å². The van der Waals surface area contributed by atoms with E-state index in [9.17, 15) is 9.90 Å². The van der Waals surface area contributed by atoms with Crippen LogP contribution in [0.1, 0.15) is 38.5 Å². The third-order valence-electron chi connectivity index (χ3n) is 4.17. The molecule has 0 radical (unpaired) electrons. The first-order valence-electron chi connectivity index (χ1n) is 7.03. The van der Waals surface area contributed by atoms with Crippen LogP contribution >= 0.6 is 11.8 Å². The van der Waals surface area contributed by atoms with Gasteiger partial charge in [0.1, 0.15) is 5.37 Å². The number of thioether (sulfide) groups is 1. The predicted octanol–water partition coefficient (Wildman–Crippen LogP) is 3.12. The van der Waals surface area contributed by atoms with E-state index in [4.69, 9.17) is 0 Å². The first-order valence-corrected chi connectivity index (χ1v) is 8.08. The fourth-order valence-corrected chi connectivity index (χ4v) is 4.41. The number of amides is 1. The predicted molar refractivity (Wildman–Crippen MR) is 82.9 cm³/mol. The smallest absolute Gasteiger partial charge is 0.255 e. The molecule has 0 fully saturated rings. The van der Waals surface area contributed by atoms with Crippen LogP contribution in [-0.2, 0) is 6.54 Å². The van der Waals surface area contributed by atoms with Crippen molar-refractivity contribution in [2.75, 3.05) is 5.75 Å². The summed E-state index contributed by atoms with van der Waals surface area (Å²) in [6, 6.07) is 15.6. The maximum atomic E-state index is 12.6. The van der Waals surface area contributed by atoms with E-state index >= 15 is 0 Å². The van der Waals surface area contributed by atoms with Crippen molar-refractivity contribution >= 4 is 17.7 Å². The van der Waals surface area contributed by atoms with E-state index in [0.29, 0.717) is 12.3 Å². The van der Waals surface area contributed by atoms with Crippen molar-refractivity contribution < 1.29 is 9.90 Å². The SMILES string of the molecule is O=C1c2ccccc2[C@@H]2SC[C@@H](O)c3ccccc3CN12. The number of benzene rings is 2. The summed E-state index contributed by atoms with van der Waals surface area (Å²) in [5.74, 6) is 0.689. The summed E-state index contributed by atoms with van der Waals surface area (Å²) in [6.07, 6.45) is -0.476. The van der Waals surface area contributed by atoms with Crippen LogP contribution in [0.25, 0.3) is 0 Å². The van der Waals surface area contributed by atoms with Gasteiger partial charge in [0, 0.05) is 17.9 Å². The molecule has 106 valence electrons. The van der Waals surface area contributed by atoms with Crippen LogP contribution in [0.4, 0.5) is 0 Å². The van der Waals surface area contributed by atoms with E-state index in [0.717, 1.165) is 22.3 Å². The summed E-state index contributed by atoms with van der Waals surface area (Å²) in [5, 5.41) is 10.4. The molecule has 0 spiro atoms. The summed E-state index contributed by atoms with van der Waals surface area (Å²) in [7, 11) is 0. The molecule has 4 rings (SSSR count). The van der Waals surface area contributed by atoms with E-state index in [1.807, 2.05) is 53.4 Å². The fraction of sp³-hybridized carbons (Fsp3) is 0.235. The molecule has 0 aliphatic carbocycles. The van der Waals surface area contributed by atoms with E-state index in [1.165, 1.54) is 0 Å². The molecule has 0 bridgehead atoms. The summed E-state index contributed by atoms with van der Waals surface area (Å²) in [6.45, 7) is 0.554. The van der Waals surface area contributed by atoms with Gasteiger partial charge in [-0.1, -0.05) is 42.5 Å². The lowest BCUT2D eigenvalue weighted by molar-refractivity contribution is 0.0756. The standard InChI is InChI=1S/C17H15NO2S/c19-15-10-21-17-14-8-4-3-7-13(14)16(20)18(17)9-11-5-1-2-6-12(11)15/h1-8,15,17,19H,9-10H2/t15-,17+/m1/s1. The second-order valence-electron chi connectivity index (χ2n) is 5.42. The van der Waals surface area contributed by atoms with Crippen LogP contribution < -0.4 is 0 Å². The normalized spacial score (nSPS) is 23.9. The molecule has 4 heteroatoms. The molecule has 2 aliphatic rings. The molecule has 2 aromatic carbocycles. The van der Waals surface area contributed by atoms with Gasteiger partial charge in [-0.05, 0) is 22.8 Å². The van der Waals surface area contributed by atoms with E-state index in [2.05, 4.69) is 0 Å². The van der Waals surface area contributed by atoms with E-state index < -0.39 is 6.10 Å². The molecule has 21 heavy (non-hydrogen) atoms.